The molecule has 1 unspecified atom stereocenters. The van der Waals surface area contributed by atoms with Crippen molar-refractivity contribution in [1.29, 1.82) is 0 Å². The highest BCUT2D eigenvalue weighted by molar-refractivity contribution is 7.85. The molecule has 3 rings (SSSR count). The summed E-state index contributed by atoms with van der Waals surface area (Å²) in [5.74, 6) is -0.165. The molecule has 1 aromatic heterocycles. The Kier molecular flexibility index (Phi) is 6.94. The molecule has 1 fully saturated rings. The van der Waals surface area contributed by atoms with Gasteiger partial charge in [0.1, 0.15) is 12.0 Å². The molecule has 1 atom stereocenters. The molecule has 0 saturated carbocycles. The maximum Gasteiger partial charge on any atom is 0.294 e. The van der Waals surface area contributed by atoms with Gasteiger partial charge in [0.15, 0.2) is 0 Å². The lowest BCUT2D eigenvalue weighted by Crippen LogP contribution is -2.46. The molecule has 0 bridgehead atoms. The lowest BCUT2D eigenvalue weighted by Gasteiger charge is -2.35. The number of hydrogen-bond donors (Lipinski definition) is 1. The molecule has 2 heterocycles. The fraction of sp³-hybridized carbons (Fsp3) is 0.353. The Morgan fingerprint density at radius 2 is 1.92 bits per heavy atom. The minimum atomic E-state index is -4.02. The monoisotopic (exact) mass is 402 g/mol. The lowest BCUT2D eigenvalue weighted by atomic mass is 10.2. The highest BCUT2D eigenvalue weighted by atomic mass is 35.5. The standard InChI is InChI=1S/C10H12ClFN2O.C7H8O3S/c1-7(14-3-2-4-14)15-8-5-9(11)10(12)13-6-8;1-6-2-4-7(5-3-6)11(8,9)10/h5-7H,2-4H2,1H3;2-5H,1H3,(H,8,9,10). The summed E-state index contributed by atoms with van der Waals surface area (Å²) in [7, 11) is -4.02. The van der Waals surface area contributed by atoms with Crippen LogP contribution in [0, 0.1) is 12.9 Å². The number of hydrogen-bond acceptors (Lipinski definition) is 5. The first-order valence-corrected chi connectivity index (χ1v) is 9.74. The second-order valence-corrected chi connectivity index (χ2v) is 7.67. The predicted octanol–water partition coefficient (Wildman–Crippen LogP) is 3.55. The van der Waals surface area contributed by atoms with Gasteiger partial charge < -0.3 is 4.74 Å². The molecular formula is C17H20ClFN2O4S. The molecule has 0 amide bonds. The van der Waals surface area contributed by atoms with E-state index < -0.39 is 16.1 Å². The van der Waals surface area contributed by atoms with Crippen molar-refractivity contribution in [1.82, 2.24) is 9.88 Å². The summed E-state index contributed by atoms with van der Waals surface area (Å²) >= 11 is 5.59. The van der Waals surface area contributed by atoms with E-state index in [1.807, 2.05) is 13.8 Å². The Morgan fingerprint density at radius 1 is 1.31 bits per heavy atom. The third kappa shape index (κ3) is 5.91. The van der Waals surface area contributed by atoms with Crippen molar-refractivity contribution in [2.24, 2.45) is 0 Å². The molecule has 1 saturated heterocycles. The van der Waals surface area contributed by atoms with Crippen molar-refractivity contribution >= 4 is 21.7 Å². The van der Waals surface area contributed by atoms with Gasteiger partial charge in [0.2, 0.25) is 5.95 Å². The van der Waals surface area contributed by atoms with Crippen LogP contribution in [0.4, 0.5) is 4.39 Å². The largest absolute Gasteiger partial charge is 0.474 e. The molecule has 1 aliphatic heterocycles. The highest BCUT2D eigenvalue weighted by Crippen LogP contribution is 2.21. The molecule has 1 aliphatic rings. The van der Waals surface area contributed by atoms with E-state index in [4.69, 9.17) is 20.9 Å². The molecule has 6 nitrogen and oxygen atoms in total. The average molecular weight is 403 g/mol. The summed E-state index contributed by atoms with van der Waals surface area (Å²) in [4.78, 5) is 5.60. The smallest absolute Gasteiger partial charge is 0.294 e. The van der Waals surface area contributed by atoms with Crippen LogP contribution in [0.15, 0.2) is 41.4 Å². The number of halogens is 2. The van der Waals surface area contributed by atoms with E-state index in [2.05, 4.69) is 9.88 Å². The van der Waals surface area contributed by atoms with E-state index in [1.54, 1.807) is 12.1 Å². The topological polar surface area (TPSA) is 79.7 Å². The molecule has 0 aliphatic carbocycles. The number of benzene rings is 1. The van der Waals surface area contributed by atoms with Gasteiger partial charge in [0.25, 0.3) is 10.1 Å². The second kappa shape index (κ2) is 8.77. The molecule has 0 spiro atoms. The third-order valence-corrected chi connectivity index (χ3v) is 4.93. The van der Waals surface area contributed by atoms with Gasteiger partial charge in [-0.2, -0.15) is 12.8 Å². The molecule has 142 valence electrons. The first-order valence-electron chi connectivity index (χ1n) is 7.93. The van der Waals surface area contributed by atoms with Crippen molar-refractivity contribution < 1.29 is 22.1 Å². The maximum absolute atomic E-state index is 12.8. The maximum atomic E-state index is 12.8. The van der Waals surface area contributed by atoms with E-state index in [-0.39, 0.29) is 16.1 Å². The van der Waals surface area contributed by atoms with Crippen LogP contribution in [0.5, 0.6) is 5.75 Å². The fourth-order valence-corrected chi connectivity index (χ4v) is 2.79. The summed E-state index contributed by atoms with van der Waals surface area (Å²) in [6, 6.07) is 7.43. The zero-order chi connectivity index (χ0) is 19.3. The fourth-order valence-electron chi connectivity index (χ4n) is 2.15. The van der Waals surface area contributed by atoms with Crippen LogP contribution in [0.25, 0.3) is 0 Å². The molecule has 0 radical (unpaired) electrons. The molecule has 2 aromatic rings. The van der Waals surface area contributed by atoms with Gasteiger partial charge in [-0.05, 0) is 32.4 Å². The van der Waals surface area contributed by atoms with Crippen LogP contribution in [0.1, 0.15) is 18.9 Å². The van der Waals surface area contributed by atoms with Gasteiger partial charge in [-0.15, -0.1) is 0 Å². The highest BCUT2D eigenvalue weighted by Gasteiger charge is 2.21. The summed E-state index contributed by atoms with van der Waals surface area (Å²) in [5, 5.41) is -0.0108. The van der Waals surface area contributed by atoms with Gasteiger partial charge in [-0.3, -0.25) is 9.45 Å². The Labute approximate surface area is 157 Å². The van der Waals surface area contributed by atoms with Crippen molar-refractivity contribution in [2.75, 3.05) is 13.1 Å². The molecule has 9 heteroatoms. The van der Waals surface area contributed by atoms with Crippen LogP contribution in [-0.4, -0.2) is 42.2 Å². The van der Waals surface area contributed by atoms with E-state index in [0.717, 1.165) is 18.7 Å². The van der Waals surface area contributed by atoms with E-state index in [1.165, 1.54) is 30.8 Å². The minimum Gasteiger partial charge on any atom is -0.474 e. The lowest BCUT2D eigenvalue weighted by molar-refractivity contribution is -0.00267. The van der Waals surface area contributed by atoms with Crippen LogP contribution in [0.2, 0.25) is 5.02 Å². The van der Waals surface area contributed by atoms with Crippen molar-refractivity contribution in [3.05, 3.63) is 53.1 Å². The Bertz CT molecular complexity index is 842. The number of nitrogens with zero attached hydrogens (tertiary/aromatic N) is 2. The summed E-state index contributed by atoms with van der Waals surface area (Å²) in [5.41, 5.74) is 0.956. The number of aryl methyl sites for hydroxylation is 1. The summed E-state index contributed by atoms with van der Waals surface area (Å²) < 4.78 is 47.9. The quantitative estimate of drug-likeness (QED) is 0.622. The predicted molar refractivity (Wildman–Crippen MR) is 96.5 cm³/mol. The van der Waals surface area contributed by atoms with Crippen LogP contribution in [0.3, 0.4) is 0 Å². The number of ether oxygens (including phenoxy) is 1. The number of pyridine rings is 1. The van der Waals surface area contributed by atoms with Gasteiger partial charge in [0, 0.05) is 19.2 Å². The number of rotatable bonds is 4. The third-order valence-electron chi connectivity index (χ3n) is 3.80. The van der Waals surface area contributed by atoms with Crippen molar-refractivity contribution in [3.8, 4) is 5.75 Å². The van der Waals surface area contributed by atoms with E-state index >= 15 is 0 Å². The Balaban J connectivity index is 0.000000197. The van der Waals surface area contributed by atoms with Gasteiger partial charge in [0.05, 0.1) is 16.1 Å². The van der Waals surface area contributed by atoms with Gasteiger partial charge >= 0.3 is 0 Å². The summed E-state index contributed by atoms with van der Waals surface area (Å²) in [6.45, 7) is 5.89. The Morgan fingerprint density at radius 3 is 2.38 bits per heavy atom. The van der Waals surface area contributed by atoms with Gasteiger partial charge in [-0.25, -0.2) is 4.98 Å². The normalized spacial score (nSPS) is 15.4. The molecule has 26 heavy (non-hydrogen) atoms. The van der Waals surface area contributed by atoms with Crippen LogP contribution in [-0.2, 0) is 10.1 Å². The van der Waals surface area contributed by atoms with Crippen molar-refractivity contribution in [3.63, 3.8) is 0 Å². The SMILES string of the molecule is CC(Oc1cnc(F)c(Cl)c1)N1CCC1.Cc1ccc(S(=O)(=O)O)cc1. The number of likely N-dealkylation sites (tertiary alicyclic amines) is 1. The molecule has 1 N–H and O–H groups in total. The van der Waals surface area contributed by atoms with Crippen LogP contribution < -0.4 is 4.74 Å². The van der Waals surface area contributed by atoms with Gasteiger partial charge in [-0.1, -0.05) is 29.3 Å². The second-order valence-electron chi connectivity index (χ2n) is 5.84. The number of aromatic nitrogens is 1. The van der Waals surface area contributed by atoms with Crippen LogP contribution >= 0.6 is 11.6 Å². The first kappa shape index (κ1) is 20.6. The molecular weight excluding hydrogens is 383 g/mol. The Hall–Kier alpha value is -1.74. The molecule has 1 aromatic carbocycles. The summed E-state index contributed by atoms with van der Waals surface area (Å²) in [6.07, 6.45) is 2.54. The zero-order valence-corrected chi connectivity index (χ0v) is 16.0. The first-order chi connectivity index (χ1) is 12.2. The van der Waals surface area contributed by atoms with Crippen molar-refractivity contribution in [2.45, 2.75) is 31.4 Å². The van der Waals surface area contributed by atoms with E-state index in [0.29, 0.717) is 5.75 Å². The zero-order valence-electron chi connectivity index (χ0n) is 14.4. The van der Waals surface area contributed by atoms with E-state index in [9.17, 15) is 12.8 Å². The minimum absolute atomic E-state index is 0.0108. The average Bonchev–Trinajstić information content (AvgIpc) is 2.49.